The van der Waals surface area contributed by atoms with E-state index in [0.717, 1.165) is 6.42 Å². The summed E-state index contributed by atoms with van der Waals surface area (Å²) < 4.78 is 11.0. The number of benzene rings is 2. The lowest BCUT2D eigenvalue weighted by molar-refractivity contribution is 0.0846. The van der Waals surface area contributed by atoms with Gasteiger partial charge in [0.15, 0.2) is 11.5 Å². The van der Waals surface area contributed by atoms with Gasteiger partial charge in [0.2, 0.25) is 5.91 Å². The highest BCUT2D eigenvalue weighted by molar-refractivity contribution is 6.00. The Morgan fingerprint density at radius 1 is 0.897 bits per heavy atom. The summed E-state index contributed by atoms with van der Waals surface area (Å²) in [6.07, 6.45) is 0.901. The lowest BCUT2D eigenvalue weighted by atomic mass is 10.1. The second-order valence-electron chi connectivity index (χ2n) is 6.75. The summed E-state index contributed by atoms with van der Waals surface area (Å²) in [6, 6.07) is 10.5. The minimum Gasteiger partial charge on any atom is -0.493 e. The molecule has 0 aliphatic rings. The van der Waals surface area contributed by atoms with Crippen molar-refractivity contribution in [1.82, 2.24) is 10.9 Å². The van der Waals surface area contributed by atoms with Gasteiger partial charge in [-0.1, -0.05) is 13.8 Å². The Balaban J connectivity index is 1.97. The van der Waals surface area contributed by atoms with Crippen LogP contribution in [0.25, 0.3) is 0 Å². The fourth-order valence-electron chi connectivity index (χ4n) is 2.38. The highest BCUT2D eigenvalue weighted by atomic mass is 16.5. The van der Waals surface area contributed by atoms with Crippen LogP contribution >= 0.6 is 0 Å². The summed E-state index contributed by atoms with van der Waals surface area (Å²) in [4.78, 5) is 35.5. The number of hydrazine groups is 1. The number of carbonyl (C=O) groups excluding carboxylic acids is 3. The number of amides is 3. The maximum Gasteiger partial charge on any atom is 0.269 e. The second kappa shape index (κ2) is 10.1. The van der Waals surface area contributed by atoms with Crippen molar-refractivity contribution < 1.29 is 23.9 Å². The molecule has 0 bridgehead atoms. The molecular formula is C21H25N3O5. The van der Waals surface area contributed by atoms with Crippen LogP contribution in [0, 0.1) is 5.92 Å². The van der Waals surface area contributed by atoms with E-state index in [0.29, 0.717) is 29.6 Å². The van der Waals surface area contributed by atoms with Gasteiger partial charge in [-0.25, -0.2) is 0 Å². The zero-order valence-corrected chi connectivity index (χ0v) is 16.7. The van der Waals surface area contributed by atoms with E-state index in [1.807, 2.05) is 0 Å². The van der Waals surface area contributed by atoms with Crippen molar-refractivity contribution in [2.45, 2.75) is 20.3 Å². The van der Waals surface area contributed by atoms with Gasteiger partial charge in [-0.05, 0) is 54.8 Å². The van der Waals surface area contributed by atoms with Crippen LogP contribution in [0.1, 0.15) is 51.3 Å². The third-order valence-corrected chi connectivity index (χ3v) is 4.10. The van der Waals surface area contributed by atoms with Gasteiger partial charge in [0.05, 0.1) is 13.7 Å². The van der Waals surface area contributed by atoms with E-state index in [9.17, 15) is 14.4 Å². The molecule has 3 amide bonds. The van der Waals surface area contributed by atoms with E-state index in [-0.39, 0.29) is 11.1 Å². The van der Waals surface area contributed by atoms with Crippen LogP contribution < -0.4 is 26.1 Å². The summed E-state index contributed by atoms with van der Waals surface area (Å²) >= 11 is 0. The van der Waals surface area contributed by atoms with E-state index in [1.54, 1.807) is 12.1 Å². The molecule has 4 N–H and O–H groups in total. The third-order valence-electron chi connectivity index (χ3n) is 4.10. The number of hydrogen-bond acceptors (Lipinski definition) is 5. The van der Waals surface area contributed by atoms with Crippen molar-refractivity contribution in [3.63, 3.8) is 0 Å². The van der Waals surface area contributed by atoms with Crippen molar-refractivity contribution >= 4 is 17.7 Å². The number of hydrogen-bond donors (Lipinski definition) is 3. The smallest absolute Gasteiger partial charge is 0.269 e. The summed E-state index contributed by atoms with van der Waals surface area (Å²) in [5.41, 5.74) is 10.7. The third kappa shape index (κ3) is 6.24. The molecule has 2 aromatic rings. The summed E-state index contributed by atoms with van der Waals surface area (Å²) in [7, 11) is 1.49. The number of rotatable bonds is 8. The average molecular weight is 399 g/mol. The molecule has 29 heavy (non-hydrogen) atoms. The highest BCUT2D eigenvalue weighted by Gasteiger charge is 2.13. The molecule has 0 aromatic heterocycles. The van der Waals surface area contributed by atoms with Crippen molar-refractivity contribution in [3.8, 4) is 11.5 Å². The molecule has 0 aliphatic carbocycles. The van der Waals surface area contributed by atoms with Crippen molar-refractivity contribution in [1.29, 1.82) is 0 Å². The van der Waals surface area contributed by atoms with Gasteiger partial charge in [0, 0.05) is 16.7 Å². The largest absolute Gasteiger partial charge is 0.493 e. The maximum atomic E-state index is 12.3. The van der Waals surface area contributed by atoms with Gasteiger partial charge in [0.1, 0.15) is 0 Å². The van der Waals surface area contributed by atoms with Crippen molar-refractivity contribution in [3.05, 3.63) is 59.2 Å². The maximum absolute atomic E-state index is 12.3. The lowest BCUT2D eigenvalue weighted by Crippen LogP contribution is -2.41. The molecule has 0 fully saturated rings. The van der Waals surface area contributed by atoms with E-state index in [2.05, 4.69) is 24.7 Å². The van der Waals surface area contributed by atoms with Crippen LogP contribution in [0.2, 0.25) is 0 Å². The number of ether oxygens (including phenoxy) is 2. The Hall–Kier alpha value is -3.55. The molecule has 2 aromatic carbocycles. The second-order valence-corrected chi connectivity index (χ2v) is 6.75. The van der Waals surface area contributed by atoms with Crippen molar-refractivity contribution in [2.24, 2.45) is 11.7 Å². The minimum absolute atomic E-state index is 0.266. The number of primary amides is 1. The predicted octanol–water partition coefficient (Wildman–Crippen LogP) is 2.29. The van der Waals surface area contributed by atoms with Gasteiger partial charge in [0.25, 0.3) is 11.8 Å². The van der Waals surface area contributed by atoms with E-state index in [1.165, 1.54) is 37.4 Å². The Morgan fingerprint density at radius 2 is 1.45 bits per heavy atom. The summed E-state index contributed by atoms with van der Waals surface area (Å²) in [5, 5.41) is 0. The van der Waals surface area contributed by atoms with Crippen LogP contribution in [0.4, 0.5) is 0 Å². The highest BCUT2D eigenvalue weighted by Crippen LogP contribution is 2.28. The Morgan fingerprint density at radius 3 is 2.00 bits per heavy atom. The van der Waals surface area contributed by atoms with Crippen molar-refractivity contribution in [2.75, 3.05) is 13.7 Å². The normalized spacial score (nSPS) is 10.3. The first-order chi connectivity index (χ1) is 13.8. The first-order valence-electron chi connectivity index (χ1n) is 9.13. The number of nitrogens with one attached hydrogen (secondary N) is 2. The van der Waals surface area contributed by atoms with Crippen LogP contribution in [0.5, 0.6) is 11.5 Å². The molecule has 8 nitrogen and oxygen atoms in total. The number of methoxy groups -OCH3 is 1. The predicted molar refractivity (Wildman–Crippen MR) is 108 cm³/mol. The number of nitrogens with two attached hydrogens (primary N) is 1. The molecule has 0 saturated heterocycles. The van der Waals surface area contributed by atoms with E-state index < -0.39 is 17.7 Å². The first kappa shape index (κ1) is 21.7. The number of carbonyl (C=O) groups is 3. The van der Waals surface area contributed by atoms with Gasteiger partial charge in [-0.15, -0.1) is 0 Å². The molecule has 2 rings (SSSR count). The molecule has 0 heterocycles. The molecule has 0 radical (unpaired) electrons. The molecule has 0 aliphatic heterocycles. The Kier molecular flexibility index (Phi) is 7.59. The molecule has 0 spiro atoms. The minimum atomic E-state index is -0.587. The SMILES string of the molecule is COc1cc(C(=O)NNC(=O)c2ccc(C(N)=O)cc2)ccc1OCCC(C)C. The van der Waals surface area contributed by atoms with Gasteiger partial charge in [-0.2, -0.15) is 0 Å². The van der Waals surface area contributed by atoms with Crippen LogP contribution in [-0.2, 0) is 0 Å². The van der Waals surface area contributed by atoms with Crippen LogP contribution in [0.3, 0.4) is 0 Å². The molecule has 0 saturated carbocycles. The molecule has 0 atom stereocenters. The fraction of sp³-hybridized carbons (Fsp3) is 0.286. The van der Waals surface area contributed by atoms with Gasteiger partial charge in [-0.3, -0.25) is 25.2 Å². The molecular weight excluding hydrogens is 374 g/mol. The van der Waals surface area contributed by atoms with E-state index in [4.69, 9.17) is 15.2 Å². The summed E-state index contributed by atoms with van der Waals surface area (Å²) in [6.45, 7) is 4.76. The van der Waals surface area contributed by atoms with Crippen LogP contribution in [0.15, 0.2) is 42.5 Å². The van der Waals surface area contributed by atoms with E-state index >= 15 is 0 Å². The average Bonchev–Trinajstić information content (AvgIpc) is 2.71. The Bertz CT molecular complexity index is 878. The summed E-state index contributed by atoms with van der Waals surface area (Å²) in [5.74, 6) is -0.148. The Labute approximate surface area is 169 Å². The molecule has 154 valence electrons. The lowest BCUT2D eigenvalue weighted by Gasteiger charge is -2.13. The topological polar surface area (TPSA) is 120 Å². The van der Waals surface area contributed by atoms with Crippen LogP contribution in [-0.4, -0.2) is 31.4 Å². The zero-order chi connectivity index (χ0) is 21.4. The quantitative estimate of drug-likeness (QED) is 0.588. The standard InChI is InChI=1S/C21H25N3O5/c1-13(2)10-11-29-17-9-8-16(12-18(17)28-3)21(27)24-23-20(26)15-6-4-14(5-7-15)19(22)25/h4-9,12-13H,10-11H2,1-3H3,(H2,22,25)(H,23,26)(H,24,27). The monoisotopic (exact) mass is 399 g/mol. The molecule has 8 heteroatoms. The van der Waals surface area contributed by atoms with Gasteiger partial charge >= 0.3 is 0 Å². The molecule has 0 unspecified atom stereocenters. The first-order valence-corrected chi connectivity index (χ1v) is 9.13. The van der Waals surface area contributed by atoms with Gasteiger partial charge < -0.3 is 15.2 Å². The fourth-order valence-corrected chi connectivity index (χ4v) is 2.38. The zero-order valence-electron chi connectivity index (χ0n) is 16.7.